The summed E-state index contributed by atoms with van der Waals surface area (Å²) < 4.78 is 4.64. The summed E-state index contributed by atoms with van der Waals surface area (Å²) in [4.78, 5) is 12.1. The van der Waals surface area contributed by atoms with Crippen LogP contribution in [0.4, 0.5) is 11.6 Å². The second-order valence-electron chi connectivity index (χ2n) is 3.34. The molecule has 90 valence electrons. The lowest BCUT2D eigenvalue weighted by molar-refractivity contribution is 0.410. The van der Waals surface area contributed by atoms with Gasteiger partial charge in [0.15, 0.2) is 5.82 Å². The molecule has 0 aliphatic carbocycles. The second-order valence-corrected chi connectivity index (χ2v) is 3.34. The zero-order valence-electron chi connectivity index (χ0n) is 9.55. The lowest BCUT2D eigenvalue weighted by atomic mass is 10.4. The zero-order valence-corrected chi connectivity index (χ0v) is 9.55. The first kappa shape index (κ1) is 11.3. The molecule has 0 aliphatic rings. The van der Waals surface area contributed by atoms with Gasteiger partial charge in [-0.05, 0) is 6.92 Å². The van der Waals surface area contributed by atoms with Crippen LogP contribution in [0, 0.1) is 0 Å². The Hall–Kier alpha value is -2.18. The van der Waals surface area contributed by atoms with Crippen molar-refractivity contribution in [3.05, 3.63) is 24.6 Å². The highest BCUT2D eigenvalue weighted by Gasteiger charge is 2.00. The standard InChI is InChI=1S/C10H14N6O/c1-2-11-9-5-10(14-6-13-9)12-4-3-8-15-7-17-16-8/h5-7H,2-4H2,1H3,(H2,11,12,13,14). The maximum Gasteiger partial charge on any atom is 0.213 e. The van der Waals surface area contributed by atoms with E-state index in [4.69, 9.17) is 0 Å². The van der Waals surface area contributed by atoms with Gasteiger partial charge in [-0.1, -0.05) is 5.16 Å². The molecule has 0 radical (unpaired) electrons. The molecule has 0 aromatic carbocycles. The predicted molar refractivity (Wildman–Crippen MR) is 62.7 cm³/mol. The van der Waals surface area contributed by atoms with Crippen LogP contribution in [-0.4, -0.2) is 33.2 Å². The maximum absolute atomic E-state index is 4.64. The van der Waals surface area contributed by atoms with Crippen molar-refractivity contribution in [2.75, 3.05) is 23.7 Å². The number of hydrogen-bond acceptors (Lipinski definition) is 7. The van der Waals surface area contributed by atoms with E-state index in [1.807, 2.05) is 13.0 Å². The van der Waals surface area contributed by atoms with Gasteiger partial charge in [0.05, 0.1) is 0 Å². The van der Waals surface area contributed by atoms with E-state index in [1.54, 1.807) is 0 Å². The van der Waals surface area contributed by atoms with Gasteiger partial charge in [0.1, 0.15) is 18.0 Å². The third kappa shape index (κ3) is 3.40. The Balaban J connectivity index is 1.84. The third-order valence-electron chi connectivity index (χ3n) is 2.09. The summed E-state index contributed by atoms with van der Waals surface area (Å²) in [5.41, 5.74) is 0. The van der Waals surface area contributed by atoms with Crippen molar-refractivity contribution in [2.45, 2.75) is 13.3 Å². The van der Waals surface area contributed by atoms with Crippen LogP contribution < -0.4 is 10.6 Å². The minimum Gasteiger partial charge on any atom is -0.370 e. The van der Waals surface area contributed by atoms with Gasteiger partial charge >= 0.3 is 0 Å². The average Bonchev–Trinajstić information content (AvgIpc) is 2.83. The lowest BCUT2D eigenvalue weighted by Gasteiger charge is -2.06. The van der Waals surface area contributed by atoms with Crippen LogP contribution >= 0.6 is 0 Å². The first-order chi connectivity index (χ1) is 8.38. The van der Waals surface area contributed by atoms with Crippen LogP contribution in [-0.2, 0) is 6.42 Å². The Kier molecular flexibility index (Phi) is 3.85. The van der Waals surface area contributed by atoms with Gasteiger partial charge in [-0.25, -0.2) is 9.97 Å². The van der Waals surface area contributed by atoms with Crippen LogP contribution in [0.25, 0.3) is 0 Å². The fraction of sp³-hybridized carbons (Fsp3) is 0.400. The van der Waals surface area contributed by atoms with Crippen molar-refractivity contribution in [3.8, 4) is 0 Å². The summed E-state index contributed by atoms with van der Waals surface area (Å²) >= 11 is 0. The summed E-state index contributed by atoms with van der Waals surface area (Å²) in [7, 11) is 0. The minimum absolute atomic E-state index is 0.679. The molecular weight excluding hydrogens is 220 g/mol. The fourth-order valence-electron chi connectivity index (χ4n) is 1.34. The van der Waals surface area contributed by atoms with Crippen molar-refractivity contribution < 1.29 is 4.52 Å². The molecule has 2 aromatic heterocycles. The summed E-state index contributed by atoms with van der Waals surface area (Å²) in [6.45, 7) is 3.55. The molecule has 0 bridgehead atoms. The first-order valence-corrected chi connectivity index (χ1v) is 5.43. The molecule has 0 fully saturated rings. The van der Waals surface area contributed by atoms with Crippen LogP contribution in [0.15, 0.2) is 23.3 Å². The largest absolute Gasteiger partial charge is 0.370 e. The van der Waals surface area contributed by atoms with E-state index < -0.39 is 0 Å². The Labute approximate surface area is 98.7 Å². The quantitative estimate of drug-likeness (QED) is 0.769. The molecule has 0 unspecified atom stereocenters. The van der Waals surface area contributed by atoms with Gasteiger partial charge in [-0.3, -0.25) is 0 Å². The molecule has 7 nitrogen and oxygen atoms in total. The molecule has 0 saturated carbocycles. The molecule has 2 aromatic rings. The fourth-order valence-corrected chi connectivity index (χ4v) is 1.34. The topological polar surface area (TPSA) is 88.8 Å². The molecule has 0 aliphatic heterocycles. The molecular formula is C10H14N6O. The van der Waals surface area contributed by atoms with Crippen molar-refractivity contribution in [1.29, 1.82) is 0 Å². The summed E-state index contributed by atoms with van der Waals surface area (Å²) in [6, 6.07) is 1.86. The zero-order chi connectivity index (χ0) is 11.9. The Morgan fingerprint density at radius 1 is 1.18 bits per heavy atom. The van der Waals surface area contributed by atoms with Gasteiger partial charge in [0.25, 0.3) is 0 Å². The molecule has 0 atom stereocenters. The van der Waals surface area contributed by atoms with E-state index in [9.17, 15) is 0 Å². The van der Waals surface area contributed by atoms with Crippen molar-refractivity contribution in [2.24, 2.45) is 0 Å². The van der Waals surface area contributed by atoms with Crippen molar-refractivity contribution >= 4 is 11.6 Å². The smallest absolute Gasteiger partial charge is 0.213 e. The Bertz CT molecular complexity index is 444. The molecule has 2 N–H and O–H groups in total. The summed E-state index contributed by atoms with van der Waals surface area (Å²) in [5.74, 6) is 2.27. The first-order valence-electron chi connectivity index (χ1n) is 5.43. The summed E-state index contributed by atoms with van der Waals surface area (Å²) in [6.07, 6.45) is 3.54. The van der Waals surface area contributed by atoms with E-state index >= 15 is 0 Å². The molecule has 17 heavy (non-hydrogen) atoms. The number of rotatable bonds is 6. The molecule has 0 spiro atoms. The number of nitrogens with zero attached hydrogens (tertiary/aromatic N) is 4. The molecule has 7 heteroatoms. The molecule has 0 amide bonds. The van der Waals surface area contributed by atoms with Crippen LogP contribution in [0.5, 0.6) is 0 Å². The van der Waals surface area contributed by atoms with Gasteiger partial charge < -0.3 is 15.2 Å². The van der Waals surface area contributed by atoms with E-state index in [2.05, 4.69) is 35.3 Å². The van der Waals surface area contributed by atoms with E-state index in [0.717, 1.165) is 18.2 Å². The van der Waals surface area contributed by atoms with E-state index in [1.165, 1.54) is 12.7 Å². The monoisotopic (exact) mass is 234 g/mol. The molecule has 2 rings (SSSR count). The van der Waals surface area contributed by atoms with Crippen molar-refractivity contribution in [3.63, 3.8) is 0 Å². The highest BCUT2D eigenvalue weighted by atomic mass is 16.5. The highest BCUT2D eigenvalue weighted by Crippen LogP contribution is 2.07. The van der Waals surface area contributed by atoms with Crippen LogP contribution in [0.2, 0.25) is 0 Å². The van der Waals surface area contributed by atoms with E-state index in [-0.39, 0.29) is 0 Å². The van der Waals surface area contributed by atoms with Gasteiger partial charge in [0.2, 0.25) is 6.39 Å². The predicted octanol–water partition coefficient (Wildman–Crippen LogP) is 0.946. The number of nitrogens with one attached hydrogen (secondary N) is 2. The van der Waals surface area contributed by atoms with Crippen molar-refractivity contribution in [1.82, 2.24) is 20.1 Å². The third-order valence-corrected chi connectivity index (χ3v) is 2.09. The highest BCUT2D eigenvalue weighted by molar-refractivity contribution is 5.46. The number of hydrogen-bond donors (Lipinski definition) is 2. The van der Waals surface area contributed by atoms with E-state index in [0.29, 0.717) is 18.8 Å². The van der Waals surface area contributed by atoms with Crippen LogP contribution in [0.3, 0.4) is 0 Å². The second kappa shape index (κ2) is 5.78. The normalized spacial score (nSPS) is 10.2. The molecule has 0 saturated heterocycles. The van der Waals surface area contributed by atoms with Crippen LogP contribution in [0.1, 0.15) is 12.7 Å². The molecule has 2 heterocycles. The van der Waals surface area contributed by atoms with Gasteiger partial charge in [-0.2, -0.15) is 4.98 Å². The Morgan fingerprint density at radius 2 is 2.00 bits per heavy atom. The van der Waals surface area contributed by atoms with Gasteiger partial charge in [0, 0.05) is 25.6 Å². The lowest BCUT2D eigenvalue weighted by Crippen LogP contribution is -2.08. The number of anilines is 2. The maximum atomic E-state index is 4.64. The average molecular weight is 234 g/mol. The minimum atomic E-state index is 0.679. The SMILES string of the molecule is CCNc1cc(NCCc2ncon2)ncn1. The summed E-state index contributed by atoms with van der Waals surface area (Å²) in [5, 5.41) is 10.0. The Morgan fingerprint density at radius 3 is 2.71 bits per heavy atom. The number of aromatic nitrogens is 4. The van der Waals surface area contributed by atoms with Gasteiger partial charge in [-0.15, -0.1) is 0 Å².